The molecule has 0 aliphatic carbocycles. The molecule has 4 aromatic rings. The molecule has 1 atom stereocenters. The molecule has 2 amide bonds. The number of nitrogens with one attached hydrogen (secondary N) is 1. The van der Waals surface area contributed by atoms with Crippen LogP contribution in [0, 0.1) is 12.7 Å². The lowest BCUT2D eigenvalue weighted by Crippen LogP contribution is -2.53. The first-order valence-electron chi connectivity index (χ1n) is 14.7. The van der Waals surface area contributed by atoms with E-state index in [1.54, 1.807) is 12.1 Å². The molecule has 0 aromatic heterocycles. The van der Waals surface area contributed by atoms with Crippen LogP contribution in [0.25, 0.3) is 0 Å². The fourth-order valence-electron chi connectivity index (χ4n) is 4.81. The van der Waals surface area contributed by atoms with Crippen LogP contribution in [-0.4, -0.2) is 44.3 Å². The second-order valence-corrected chi connectivity index (χ2v) is 12.5. The molecule has 0 spiro atoms. The van der Waals surface area contributed by atoms with Gasteiger partial charge in [-0.1, -0.05) is 91.7 Å². The molecule has 0 aliphatic rings. The molecule has 4 rings (SSSR count). The normalized spacial score (nSPS) is 11.9. The Morgan fingerprint density at radius 1 is 0.818 bits per heavy atom. The van der Waals surface area contributed by atoms with Crippen molar-refractivity contribution in [3.63, 3.8) is 0 Å². The minimum atomic E-state index is -4.24. The van der Waals surface area contributed by atoms with Crippen molar-refractivity contribution in [2.24, 2.45) is 0 Å². The number of nitrogens with zero attached hydrogens (tertiary/aromatic N) is 2. The highest BCUT2D eigenvalue weighted by Gasteiger charge is 2.34. The van der Waals surface area contributed by atoms with Crippen molar-refractivity contribution >= 4 is 27.5 Å². The summed E-state index contributed by atoms with van der Waals surface area (Å²) in [6.45, 7) is 3.81. The highest BCUT2D eigenvalue weighted by molar-refractivity contribution is 7.92. The number of rotatable bonds is 14. The van der Waals surface area contributed by atoms with E-state index in [2.05, 4.69) is 5.32 Å². The monoisotopic (exact) mass is 615 g/mol. The SMILES string of the molecule is CCCCNC(=O)C(Cc1ccccc1)N(Cc1ccccc1)C(=O)CN(c1ccc(F)cc1)S(=O)(=O)c1ccc(C)cc1. The van der Waals surface area contributed by atoms with Gasteiger partial charge in [-0.3, -0.25) is 13.9 Å². The molecule has 0 heterocycles. The zero-order chi connectivity index (χ0) is 31.5. The Morgan fingerprint density at radius 2 is 1.41 bits per heavy atom. The average Bonchev–Trinajstić information content (AvgIpc) is 3.03. The van der Waals surface area contributed by atoms with E-state index >= 15 is 0 Å². The third-order valence-corrected chi connectivity index (χ3v) is 9.09. The Labute approximate surface area is 259 Å². The first-order chi connectivity index (χ1) is 21.2. The van der Waals surface area contributed by atoms with Crippen LogP contribution in [0.1, 0.15) is 36.5 Å². The number of hydrogen-bond donors (Lipinski definition) is 1. The zero-order valence-electron chi connectivity index (χ0n) is 25.0. The molecule has 0 saturated heterocycles. The molecule has 1 N–H and O–H groups in total. The largest absolute Gasteiger partial charge is 0.354 e. The van der Waals surface area contributed by atoms with Crippen LogP contribution in [0.3, 0.4) is 0 Å². The van der Waals surface area contributed by atoms with Crippen molar-refractivity contribution in [2.45, 2.75) is 50.6 Å². The predicted molar refractivity (Wildman–Crippen MR) is 171 cm³/mol. The van der Waals surface area contributed by atoms with Gasteiger partial charge in [-0.2, -0.15) is 0 Å². The summed E-state index contributed by atoms with van der Waals surface area (Å²) in [7, 11) is -4.24. The number of amides is 2. The second kappa shape index (κ2) is 15.3. The highest BCUT2D eigenvalue weighted by atomic mass is 32.2. The number of aryl methyl sites for hydroxylation is 1. The summed E-state index contributed by atoms with van der Waals surface area (Å²) in [4.78, 5) is 29.5. The van der Waals surface area contributed by atoms with E-state index in [0.717, 1.165) is 46.0 Å². The third kappa shape index (κ3) is 8.54. The number of carbonyl (C=O) groups excluding carboxylic acids is 2. The summed E-state index contributed by atoms with van der Waals surface area (Å²) in [5.41, 5.74) is 2.65. The minimum absolute atomic E-state index is 0.00650. The van der Waals surface area contributed by atoms with E-state index in [1.807, 2.05) is 74.5 Å². The summed E-state index contributed by atoms with van der Waals surface area (Å²) in [6.07, 6.45) is 1.90. The highest BCUT2D eigenvalue weighted by Crippen LogP contribution is 2.25. The number of sulfonamides is 1. The van der Waals surface area contributed by atoms with Gasteiger partial charge in [0.05, 0.1) is 10.6 Å². The first kappa shape index (κ1) is 32.4. The molecule has 230 valence electrons. The zero-order valence-corrected chi connectivity index (χ0v) is 25.8. The molecule has 7 nitrogen and oxygen atoms in total. The topological polar surface area (TPSA) is 86.8 Å². The van der Waals surface area contributed by atoms with Gasteiger partial charge in [0.15, 0.2) is 0 Å². The van der Waals surface area contributed by atoms with Crippen molar-refractivity contribution < 1.29 is 22.4 Å². The van der Waals surface area contributed by atoms with Gasteiger partial charge in [0.1, 0.15) is 18.4 Å². The second-order valence-electron chi connectivity index (χ2n) is 10.7. The van der Waals surface area contributed by atoms with E-state index in [9.17, 15) is 22.4 Å². The van der Waals surface area contributed by atoms with Crippen LogP contribution in [0.15, 0.2) is 114 Å². The maximum absolute atomic E-state index is 14.4. The Kier molecular flexibility index (Phi) is 11.3. The summed E-state index contributed by atoms with van der Waals surface area (Å²) >= 11 is 0. The fraction of sp³-hybridized carbons (Fsp3) is 0.257. The van der Waals surface area contributed by atoms with Crippen molar-refractivity contribution in [3.05, 3.63) is 132 Å². The molecule has 0 aliphatic heterocycles. The van der Waals surface area contributed by atoms with Gasteiger partial charge >= 0.3 is 0 Å². The van der Waals surface area contributed by atoms with Gasteiger partial charge < -0.3 is 10.2 Å². The Balaban J connectivity index is 1.77. The Morgan fingerprint density at radius 3 is 2.00 bits per heavy atom. The molecule has 4 aromatic carbocycles. The summed E-state index contributed by atoms with van der Waals surface area (Å²) in [5, 5.41) is 2.97. The molecule has 1 unspecified atom stereocenters. The van der Waals surface area contributed by atoms with Crippen molar-refractivity contribution in [2.75, 3.05) is 17.4 Å². The molecule has 0 saturated carbocycles. The number of anilines is 1. The molecular formula is C35H38FN3O4S. The van der Waals surface area contributed by atoms with E-state index in [-0.39, 0.29) is 29.5 Å². The standard InChI is InChI=1S/C35H38FN3O4S/c1-3-4-23-37-35(41)33(24-28-11-7-5-8-12-28)38(25-29-13-9-6-10-14-29)34(40)26-39(31-19-17-30(36)18-20-31)44(42,43)32-21-15-27(2)16-22-32/h5-22,33H,3-4,23-26H2,1-2H3,(H,37,41). The number of hydrogen-bond acceptors (Lipinski definition) is 4. The smallest absolute Gasteiger partial charge is 0.264 e. The summed E-state index contributed by atoms with van der Waals surface area (Å²) in [5.74, 6) is -1.42. The van der Waals surface area contributed by atoms with Crippen molar-refractivity contribution in [1.82, 2.24) is 10.2 Å². The maximum atomic E-state index is 14.4. The maximum Gasteiger partial charge on any atom is 0.264 e. The van der Waals surface area contributed by atoms with E-state index in [0.29, 0.717) is 6.54 Å². The quantitative estimate of drug-likeness (QED) is 0.179. The van der Waals surface area contributed by atoms with E-state index < -0.39 is 34.3 Å². The van der Waals surface area contributed by atoms with Crippen molar-refractivity contribution in [1.29, 1.82) is 0 Å². The number of benzene rings is 4. The van der Waals surface area contributed by atoms with Crippen LogP contribution in [0.4, 0.5) is 10.1 Å². The van der Waals surface area contributed by atoms with Crippen LogP contribution >= 0.6 is 0 Å². The molecule has 0 fully saturated rings. The van der Waals surface area contributed by atoms with Gasteiger partial charge in [0.25, 0.3) is 10.0 Å². The van der Waals surface area contributed by atoms with Crippen LogP contribution < -0.4 is 9.62 Å². The molecule has 0 radical (unpaired) electrons. The van der Waals surface area contributed by atoms with Gasteiger partial charge in [-0.05, 0) is 60.9 Å². The summed E-state index contributed by atoms with van der Waals surface area (Å²) in [6, 6.07) is 29.0. The van der Waals surface area contributed by atoms with E-state index in [1.165, 1.54) is 29.2 Å². The fourth-order valence-corrected chi connectivity index (χ4v) is 6.23. The first-order valence-corrected chi connectivity index (χ1v) is 16.1. The molecule has 44 heavy (non-hydrogen) atoms. The van der Waals surface area contributed by atoms with Gasteiger partial charge in [0, 0.05) is 19.5 Å². The van der Waals surface area contributed by atoms with E-state index in [4.69, 9.17) is 0 Å². The van der Waals surface area contributed by atoms with Crippen LogP contribution in [-0.2, 0) is 32.6 Å². The van der Waals surface area contributed by atoms with Gasteiger partial charge in [-0.15, -0.1) is 0 Å². The minimum Gasteiger partial charge on any atom is -0.354 e. The lowest BCUT2D eigenvalue weighted by atomic mass is 10.0. The van der Waals surface area contributed by atoms with Crippen LogP contribution in [0.5, 0.6) is 0 Å². The number of halogens is 1. The number of unbranched alkanes of at least 4 members (excludes halogenated alkanes) is 1. The van der Waals surface area contributed by atoms with Crippen LogP contribution in [0.2, 0.25) is 0 Å². The average molecular weight is 616 g/mol. The van der Waals surface area contributed by atoms with Gasteiger partial charge in [-0.25, -0.2) is 12.8 Å². The lowest BCUT2D eigenvalue weighted by Gasteiger charge is -2.34. The number of carbonyl (C=O) groups is 2. The lowest BCUT2D eigenvalue weighted by molar-refractivity contribution is -0.140. The predicted octanol–water partition coefficient (Wildman–Crippen LogP) is 5.89. The van der Waals surface area contributed by atoms with Gasteiger partial charge in [0.2, 0.25) is 11.8 Å². The Bertz CT molecular complexity index is 1610. The molecular weight excluding hydrogens is 577 g/mol. The molecule has 0 bridgehead atoms. The third-order valence-electron chi connectivity index (χ3n) is 7.30. The summed E-state index contributed by atoms with van der Waals surface area (Å²) < 4.78 is 42.9. The van der Waals surface area contributed by atoms with Crippen molar-refractivity contribution in [3.8, 4) is 0 Å². The Hall–Kier alpha value is -4.50. The molecule has 9 heteroatoms.